The van der Waals surface area contributed by atoms with Gasteiger partial charge in [0.25, 0.3) is 0 Å². The van der Waals surface area contributed by atoms with Gasteiger partial charge in [0.05, 0.1) is 0 Å². The molecular weight excluding hydrogens is 144 g/mol. The molecule has 0 aromatic carbocycles. The number of hydrogen-bond acceptors (Lipinski definition) is 0. The zero-order valence-corrected chi connectivity index (χ0v) is 6.67. The van der Waals surface area contributed by atoms with Gasteiger partial charge in [-0.1, -0.05) is 36.2 Å². The van der Waals surface area contributed by atoms with Crippen LogP contribution in [0.2, 0.25) is 0 Å². The molecule has 0 aliphatic rings. The van der Waals surface area contributed by atoms with Crippen molar-refractivity contribution in [1.29, 1.82) is 0 Å². The summed E-state index contributed by atoms with van der Waals surface area (Å²) in [5, 5.41) is 0. The van der Waals surface area contributed by atoms with Crippen molar-refractivity contribution in [3.05, 3.63) is 37.0 Å². The third kappa shape index (κ3) is 7.90. The summed E-state index contributed by atoms with van der Waals surface area (Å²) in [6, 6.07) is 0. The molecular formula is C12H8. The van der Waals surface area contributed by atoms with E-state index < -0.39 is 0 Å². The molecule has 0 aliphatic heterocycles. The third-order valence-electron chi connectivity index (χ3n) is 0.782. The maximum Gasteiger partial charge on any atom is -0.00316 e. The summed E-state index contributed by atoms with van der Waals surface area (Å²) in [6.45, 7) is 3.44. The van der Waals surface area contributed by atoms with E-state index >= 15 is 0 Å². The van der Waals surface area contributed by atoms with Crippen molar-refractivity contribution < 1.29 is 0 Å². The molecule has 0 nitrogen and oxygen atoms in total. The maximum atomic E-state index is 4.95. The number of rotatable bonds is 0. The third-order valence-corrected chi connectivity index (χ3v) is 0.782. The first-order valence-corrected chi connectivity index (χ1v) is 3.31. The van der Waals surface area contributed by atoms with E-state index in [0.29, 0.717) is 0 Å². The lowest BCUT2D eigenvalue weighted by atomic mass is 10.4. The molecule has 0 rings (SSSR count). The molecule has 0 amide bonds. The number of allylic oxidation sites excluding steroid dienone is 5. The lowest BCUT2D eigenvalue weighted by molar-refractivity contribution is 2.07. The van der Waals surface area contributed by atoms with Crippen molar-refractivity contribution in [3.8, 4) is 36.0 Å². The van der Waals surface area contributed by atoms with Crippen molar-refractivity contribution in [2.45, 2.75) is 0 Å². The Kier molecular flexibility index (Phi) is 7.34. The summed E-state index contributed by atoms with van der Waals surface area (Å²) in [5.74, 6) is 13.1. The molecule has 0 fully saturated rings. The SMILES string of the molecule is C#C/C=C/C#C/C=C/C#CC=C. The summed E-state index contributed by atoms with van der Waals surface area (Å²) in [5.41, 5.74) is 0. The van der Waals surface area contributed by atoms with Crippen molar-refractivity contribution in [2.24, 2.45) is 0 Å². The molecule has 56 valence electrons. The Morgan fingerprint density at radius 3 is 1.83 bits per heavy atom. The fourth-order valence-electron chi connectivity index (χ4n) is 0.376. The van der Waals surface area contributed by atoms with Gasteiger partial charge in [-0.2, -0.15) is 0 Å². The van der Waals surface area contributed by atoms with Gasteiger partial charge in [-0.3, -0.25) is 0 Å². The molecule has 0 spiro atoms. The highest BCUT2D eigenvalue weighted by Gasteiger charge is 1.57. The molecule has 0 radical (unpaired) electrons. The van der Waals surface area contributed by atoms with Gasteiger partial charge in [0.2, 0.25) is 0 Å². The Morgan fingerprint density at radius 2 is 1.33 bits per heavy atom. The van der Waals surface area contributed by atoms with Crippen LogP contribution < -0.4 is 0 Å². The highest BCUT2D eigenvalue weighted by atomic mass is 13.6. The summed E-state index contributed by atoms with van der Waals surface area (Å²) in [4.78, 5) is 0. The fraction of sp³-hybridized carbons (Fsp3) is 0. The van der Waals surface area contributed by atoms with Crippen molar-refractivity contribution in [2.75, 3.05) is 0 Å². The van der Waals surface area contributed by atoms with Crippen LogP contribution in [-0.2, 0) is 0 Å². The second-order valence-electron chi connectivity index (χ2n) is 1.61. The first-order chi connectivity index (χ1) is 5.91. The molecule has 0 unspecified atom stereocenters. The average Bonchev–Trinajstić information content (AvgIpc) is 2.10. The van der Waals surface area contributed by atoms with E-state index in [9.17, 15) is 0 Å². The van der Waals surface area contributed by atoms with E-state index in [2.05, 4.69) is 36.2 Å². The molecule has 0 heterocycles. The molecule has 0 aromatic rings. The topological polar surface area (TPSA) is 0 Å². The number of hydrogen-bond donors (Lipinski definition) is 0. The Labute approximate surface area is 73.7 Å². The smallest absolute Gasteiger partial charge is 0.00316 e. The lowest BCUT2D eigenvalue weighted by Gasteiger charge is -1.63. The summed E-state index contributed by atoms with van der Waals surface area (Å²) < 4.78 is 0. The van der Waals surface area contributed by atoms with E-state index in [4.69, 9.17) is 6.42 Å². The van der Waals surface area contributed by atoms with Crippen LogP contribution >= 0.6 is 0 Å². The van der Waals surface area contributed by atoms with Crippen LogP contribution in [0.4, 0.5) is 0 Å². The summed E-state index contributed by atoms with van der Waals surface area (Å²) in [6.07, 6.45) is 12.9. The van der Waals surface area contributed by atoms with Crippen LogP contribution in [0.1, 0.15) is 0 Å². The Morgan fingerprint density at radius 1 is 0.833 bits per heavy atom. The molecule has 0 heteroatoms. The van der Waals surface area contributed by atoms with E-state index in [1.807, 2.05) is 0 Å². The molecule has 0 saturated carbocycles. The van der Waals surface area contributed by atoms with E-state index in [-0.39, 0.29) is 0 Å². The average molecular weight is 152 g/mol. The molecule has 0 aromatic heterocycles. The fourth-order valence-corrected chi connectivity index (χ4v) is 0.376. The predicted octanol–water partition coefficient (Wildman–Crippen LogP) is 1.92. The van der Waals surface area contributed by atoms with E-state index in [1.54, 1.807) is 18.2 Å². The second kappa shape index (κ2) is 8.90. The van der Waals surface area contributed by atoms with E-state index in [1.165, 1.54) is 12.2 Å². The van der Waals surface area contributed by atoms with Crippen molar-refractivity contribution >= 4 is 0 Å². The minimum absolute atomic E-state index is 1.52. The highest BCUT2D eigenvalue weighted by molar-refractivity contribution is 5.31. The van der Waals surface area contributed by atoms with Gasteiger partial charge < -0.3 is 0 Å². The Hall–Kier alpha value is -2.10. The van der Waals surface area contributed by atoms with E-state index in [0.717, 1.165) is 0 Å². The lowest BCUT2D eigenvalue weighted by Crippen LogP contribution is -1.52. The van der Waals surface area contributed by atoms with Crippen LogP contribution in [-0.4, -0.2) is 0 Å². The Balaban J connectivity index is 3.87. The normalized spacial score (nSPS) is 7.92. The second-order valence-corrected chi connectivity index (χ2v) is 1.61. The zero-order chi connectivity index (χ0) is 9.07. The minimum atomic E-state index is 1.52. The van der Waals surface area contributed by atoms with Gasteiger partial charge in [0, 0.05) is 0 Å². The first kappa shape index (κ1) is 9.90. The first-order valence-electron chi connectivity index (χ1n) is 3.31. The molecule has 12 heavy (non-hydrogen) atoms. The van der Waals surface area contributed by atoms with Crippen LogP contribution in [0, 0.1) is 36.0 Å². The van der Waals surface area contributed by atoms with Crippen molar-refractivity contribution in [3.63, 3.8) is 0 Å². The Bertz CT molecular complexity index is 337. The maximum absolute atomic E-state index is 4.95. The summed E-state index contributed by atoms with van der Waals surface area (Å²) >= 11 is 0. The quantitative estimate of drug-likeness (QED) is 0.465. The molecule has 0 saturated heterocycles. The highest BCUT2D eigenvalue weighted by Crippen LogP contribution is 1.69. The van der Waals surface area contributed by atoms with Crippen molar-refractivity contribution in [1.82, 2.24) is 0 Å². The van der Waals surface area contributed by atoms with Crippen LogP contribution in [0.5, 0.6) is 0 Å². The predicted molar refractivity (Wildman–Crippen MR) is 52.9 cm³/mol. The molecule has 0 N–H and O–H groups in total. The van der Waals surface area contributed by atoms with Crippen LogP contribution in [0.3, 0.4) is 0 Å². The monoisotopic (exact) mass is 152 g/mol. The standard InChI is InChI=1S/C12H8/c1-3-5-7-9-11-12-10-8-6-4-2/h1,4-5,7,10,12H,2H2/b7-5+,12-10+. The van der Waals surface area contributed by atoms with Gasteiger partial charge in [-0.25, -0.2) is 0 Å². The van der Waals surface area contributed by atoms with Gasteiger partial charge in [-0.15, -0.1) is 6.42 Å². The van der Waals surface area contributed by atoms with Gasteiger partial charge >= 0.3 is 0 Å². The minimum Gasteiger partial charge on any atom is -0.115 e. The van der Waals surface area contributed by atoms with Crippen LogP contribution in [0.15, 0.2) is 37.0 Å². The largest absolute Gasteiger partial charge is 0.115 e. The summed E-state index contributed by atoms with van der Waals surface area (Å²) in [7, 11) is 0. The van der Waals surface area contributed by atoms with Gasteiger partial charge in [-0.05, 0) is 30.4 Å². The van der Waals surface area contributed by atoms with Gasteiger partial charge in [0.1, 0.15) is 0 Å². The zero-order valence-electron chi connectivity index (χ0n) is 6.67. The molecule has 0 bridgehead atoms. The number of terminal acetylenes is 1. The molecule has 0 aliphatic carbocycles. The van der Waals surface area contributed by atoms with Crippen LogP contribution in [0.25, 0.3) is 0 Å². The van der Waals surface area contributed by atoms with Gasteiger partial charge in [0.15, 0.2) is 0 Å². The molecule has 0 atom stereocenters.